The van der Waals surface area contributed by atoms with E-state index in [0.717, 1.165) is 18.5 Å². The zero-order valence-electron chi connectivity index (χ0n) is 11.6. The smallest absolute Gasteiger partial charge is 0.305 e. The topological polar surface area (TPSA) is 81.0 Å². The number of nitrogens with one attached hydrogen (secondary N) is 1. The first-order valence-electron chi connectivity index (χ1n) is 6.37. The first kappa shape index (κ1) is 16.3. The second-order valence-electron chi connectivity index (χ2n) is 4.65. The van der Waals surface area contributed by atoms with Crippen molar-refractivity contribution in [2.24, 2.45) is 0 Å². The molecule has 1 N–H and O–H groups in total. The molecule has 0 atom stereocenters. The maximum absolute atomic E-state index is 14.1. The Balaban J connectivity index is 2.15. The normalized spacial score (nSPS) is 10.8. The van der Waals surface area contributed by atoms with Crippen molar-refractivity contribution in [2.75, 3.05) is 5.32 Å². The molecule has 0 spiro atoms. The van der Waals surface area contributed by atoms with Gasteiger partial charge in [0.05, 0.1) is 31.6 Å². The Morgan fingerprint density at radius 3 is 2.62 bits per heavy atom. The number of hydrogen-bond donors (Lipinski definition) is 1. The summed E-state index contributed by atoms with van der Waals surface area (Å²) in [5.74, 6) is -1.79. The minimum absolute atomic E-state index is 0.0324. The van der Waals surface area contributed by atoms with Gasteiger partial charge in [0, 0.05) is 12.1 Å². The quantitative estimate of drug-likeness (QED) is 0.404. The van der Waals surface area contributed by atoms with Gasteiger partial charge >= 0.3 is 5.69 Å². The van der Waals surface area contributed by atoms with Crippen molar-refractivity contribution in [3.8, 4) is 0 Å². The van der Waals surface area contributed by atoms with Gasteiger partial charge < -0.3 is 5.32 Å². The Morgan fingerprint density at radius 2 is 1.92 bits per heavy atom. The van der Waals surface area contributed by atoms with Crippen LogP contribution in [0, 0.1) is 21.7 Å². The molecule has 10 heteroatoms. The monoisotopic (exact) mass is 370 g/mol. The van der Waals surface area contributed by atoms with E-state index in [1.807, 2.05) is 0 Å². The molecule has 0 aliphatic carbocycles. The van der Waals surface area contributed by atoms with Gasteiger partial charge in [0.25, 0.3) is 0 Å². The van der Waals surface area contributed by atoms with Crippen LogP contribution in [0.3, 0.4) is 0 Å². The summed E-state index contributed by atoms with van der Waals surface area (Å²) >= 11 is 11.5. The maximum Gasteiger partial charge on any atom is 0.305 e. The lowest BCUT2D eigenvalue weighted by Gasteiger charge is -2.10. The van der Waals surface area contributed by atoms with Crippen LogP contribution in [0.2, 0.25) is 10.0 Å². The van der Waals surface area contributed by atoms with E-state index in [1.54, 1.807) is 0 Å². The van der Waals surface area contributed by atoms with Gasteiger partial charge in [0.1, 0.15) is 12.1 Å². The summed E-state index contributed by atoms with van der Waals surface area (Å²) in [7, 11) is 0. The average Bonchev–Trinajstić information content (AvgIpc) is 2.54. The summed E-state index contributed by atoms with van der Waals surface area (Å²) in [6.07, 6.45) is 1.12. The van der Waals surface area contributed by atoms with Crippen LogP contribution in [0.4, 0.5) is 26.0 Å². The number of hydrogen-bond acceptors (Lipinski definition) is 5. The second-order valence-corrected chi connectivity index (χ2v) is 5.43. The summed E-state index contributed by atoms with van der Waals surface area (Å²) in [5, 5.41) is 13.4. The van der Waals surface area contributed by atoms with Crippen molar-refractivity contribution in [1.82, 2.24) is 9.97 Å². The van der Waals surface area contributed by atoms with Crippen molar-refractivity contribution in [2.45, 2.75) is 0 Å². The van der Waals surface area contributed by atoms with E-state index in [9.17, 15) is 18.9 Å². The molecule has 122 valence electrons. The van der Waals surface area contributed by atoms with Gasteiger partial charge in [-0.3, -0.25) is 10.1 Å². The number of nitro benzene ring substituents is 1. The Hall–Kier alpha value is -2.58. The first-order valence-corrected chi connectivity index (χ1v) is 7.13. The van der Waals surface area contributed by atoms with Crippen LogP contribution in [0.5, 0.6) is 0 Å². The lowest BCUT2D eigenvalue weighted by molar-refractivity contribution is -0.387. The van der Waals surface area contributed by atoms with Crippen LogP contribution in [-0.2, 0) is 0 Å². The largest absolute Gasteiger partial charge is 0.337 e. The van der Waals surface area contributed by atoms with Gasteiger partial charge in [-0.05, 0) is 12.1 Å². The summed E-state index contributed by atoms with van der Waals surface area (Å²) < 4.78 is 27.8. The van der Waals surface area contributed by atoms with Crippen LogP contribution in [0.15, 0.2) is 30.6 Å². The molecule has 6 nitrogen and oxygen atoms in total. The fourth-order valence-corrected chi connectivity index (χ4v) is 2.37. The van der Waals surface area contributed by atoms with Crippen molar-refractivity contribution in [1.29, 1.82) is 0 Å². The molecule has 0 aliphatic rings. The van der Waals surface area contributed by atoms with Crippen LogP contribution >= 0.6 is 23.2 Å². The lowest BCUT2D eigenvalue weighted by atomic mass is 10.2. The highest BCUT2D eigenvalue weighted by Crippen LogP contribution is 2.33. The highest BCUT2D eigenvalue weighted by Gasteiger charge is 2.19. The van der Waals surface area contributed by atoms with Crippen molar-refractivity contribution >= 4 is 51.3 Å². The first-order chi connectivity index (χ1) is 11.4. The third-order valence-corrected chi connectivity index (χ3v) is 3.97. The number of fused-ring (bicyclic) bond motifs is 1. The van der Waals surface area contributed by atoms with Gasteiger partial charge in [-0.15, -0.1) is 0 Å². The standard InChI is InChI=1S/C14H6Cl2F2N4O2/c15-7-1-2-9(13(18)12(7)16)21-14-6-3-11(22(23)24)8(17)4-10(6)19-5-20-14/h1-5H,(H,19,20,21). The molecule has 0 unspecified atom stereocenters. The average molecular weight is 371 g/mol. The van der Waals surface area contributed by atoms with E-state index >= 15 is 0 Å². The molecule has 24 heavy (non-hydrogen) atoms. The molecule has 3 aromatic rings. The Kier molecular flexibility index (Phi) is 4.16. The van der Waals surface area contributed by atoms with Crippen LogP contribution < -0.4 is 5.32 Å². The summed E-state index contributed by atoms with van der Waals surface area (Å²) in [4.78, 5) is 17.8. The molecule has 0 amide bonds. The number of benzene rings is 2. The molecule has 2 aromatic carbocycles. The Labute approximate surface area is 143 Å². The van der Waals surface area contributed by atoms with Gasteiger partial charge in [0.2, 0.25) is 5.82 Å². The molecule has 0 radical (unpaired) electrons. The fourth-order valence-electron chi connectivity index (χ4n) is 2.06. The zero-order chi connectivity index (χ0) is 17.4. The highest BCUT2D eigenvalue weighted by atomic mass is 35.5. The molecule has 1 aromatic heterocycles. The van der Waals surface area contributed by atoms with Crippen LogP contribution in [0.1, 0.15) is 0 Å². The van der Waals surface area contributed by atoms with Crippen molar-refractivity contribution in [3.63, 3.8) is 0 Å². The number of halogens is 4. The van der Waals surface area contributed by atoms with E-state index in [4.69, 9.17) is 23.2 Å². The van der Waals surface area contributed by atoms with Crippen LogP contribution in [0.25, 0.3) is 10.9 Å². The van der Waals surface area contributed by atoms with E-state index in [-0.39, 0.29) is 32.5 Å². The SMILES string of the molecule is O=[N+]([O-])c1cc2c(Nc3ccc(Cl)c(Cl)c3F)ncnc2cc1F. The molecule has 1 heterocycles. The molecule has 0 saturated heterocycles. The van der Waals surface area contributed by atoms with E-state index < -0.39 is 22.2 Å². The minimum Gasteiger partial charge on any atom is -0.337 e. The fraction of sp³-hybridized carbons (Fsp3) is 0. The van der Waals surface area contributed by atoms with E-state index in [0.29, 0.717) is 0 Å². The van der Waals surface area contributed by atoms with E-state index in [1.165, 1.54) is 12.1 Å². The molecule has 3 rings (SSSR count). The summed E-state index contributed by atoms with van der Waals surface area (Å²) in [6, 6.07) is 4.59. The lowest BCUT2D eigenvalue weighted by Crippen LogP contribution is -2.00. The molecular formula is C14H6Cl2F2N4O2. The molecular weight excluding hydrogens is 365 g/mol. The van der Waals surface area contributed by atoms with Crippen molar-refractivity contribution < 1.29 is 13.7 Å². The Bertz CT molecular complexity index is 985. The third kappa shape index (κ3) is 2.81. The van der Waals surface area contributed by atoms with Gasteiger partial charge in [-0.1, -0.05) is 23.2 Å². The highest BCUT2D eigenvalue weighted by molar-refractivity contribution is 6.42. The number of aromatic nitrogens is 2. The van der Waals surface area contributed by atoms with Crippen molar-refractivity contribution in [3.05, 3.63) is 62.4 Å². The second kappa shape index (κ2) is 6.14. The number of nitro groups is 1. The number of nitrogens with zero attached hydrogens (tertiary/aromatic N) is 3. The summed E-state index contributed by atoms with van der Waals surface area (Å²) in [6.45, 7) is 0. The zero-order valence-corrected chi connectivity index (χ0v) is 13.1. The molecule has 0 aliphatic heterocycles. The molecule has 0 bridgehead atoms. The maximum atomic E-state index is 14.1. The minimum atomic E-state index is -1.03. The Morgan fingerprint density at radius 1 is 1.17 bits per heavy atom. The van der Waals surface area contributed by atoms with Gasteiger partial charge in [0.15, 0.2) is 5.82 Å². The molecule has 0 fully saturated rings. The van der Waals surface area contributed by atoms with Crippen LogP contribution in [-0.4, -0.2) is 14.9 Å². The van der Waals surface area contributed by atoms with Gasteiger partial charge in [-0.2, -0.15) is 4.39 Å². The molecule has 0 saturated carbocycles. The predicted octanol–water partition coefficient (Wildman–Crippen LogP) is 4.87. The predicted molar refractivity (Wildman–Crippen MR) is 85.9 cm³/mol. The van der Waals surface area contributed by atoms with E-state index in [2.05, 4.69) is 15.3 Å². The number of anilines is 2. The summed E-state index contributed by atoms with van der Waals surface area (Å²) in [5.41, 5.74) is -0.664. The number of rotatable bonds is 3. The van der Waals surface area contributed by atoms with Gasteiger partial charge in [-0.25, -0.2) is 14.4 Å². The third-order valence-electron chi connectivity index (χ3n) is 3.19.